The molecule has 8 bridgehead atoms. The van der Waals surface area contributed by atoms with E-state index < -0.39 is 11.9 Å². The number of likely N-dealkylation sites (N-methyl/N-ethyl adjacent to an activating group) is 1. The van der Waals surface area contributed by atoms with Gasteiger partial charge >= 0.3 is 5.97 Å². The first kappa shape index (κ1) is 45.5. The molecule has 0 aromatic carbocycles. The van der Waals surface area contributed by atoms with E-state index >= 15 is 4.79 Å². The molecule has 5 aliphatic rings. The Morgan fingerprint density at radius 1 is 0.968 bits per heavy atom. The second-order valence-electron chi connectivity index (χ2n) is 16.6. The van der Waals surface area contributed by atoms with Gasteiger partial charge in [0.05, 0.1) is 72.5 Å². The van der Waals surface area contributed by atoms with Crippen LogP contribution in [0.25, 0.3) is 33.3 Å². The van der Waals surface area contributed by atoms with Crippen molar-refractivity contribution in [3.8, 4) is 0 Å². The maximum absolute atomic E-state index is 15.1. The number of allylic oxidation sites excluding steroid dienone is 5. The van der Waals surface area contributed by atoms with Crippen LogP contribution in [0, 0.1) is 6.92 Å². The van der Waals surface area contributed by atoms with E-state index in [1.165, 1.54) is 15.9 Å². The summed E-state index contributed by atoms with van der Waals surface area (Å²) in [7, 11) is 1.67. The van der Waals surface area contributed by atoms with E-state index in [9.17, 15) is 19.5 Å². The normalized spacial score (nSPS) is 18.5. The van der Waals surface area contributed by atoms with E-state index in [4.69, 9.17) is 29.9 Å². The summed E-state index contributed by atoms with van der Waals surface area (Å²) in [5.74, 6) is -1.98. The Kier molecular flexibility index (Phi) is 14.4. The molecule has 16 heteroatoms. The molecule has 3 amide bonds. The van der Waals surface area contributed by atoms with Gasteiger partial charge in [-0.05, 0) is 80.2 Å². The second-order valence-corrected chi connectivity index (χ2v) is 16.6. The number of fused-ring (bicyclic) bond motifs is 8. The summed E-state index contributed by atoms with van der Waals surface area (Å²) < 4.78 is 16.3. The van der Waals surface area contributed by atoms with Crippen molar-refractivity contribution in [1.82, 2.24) is 34.6 Å². The number of nitrogens with one attached hydrogen (secondary N) is 2. The molecule has 16 nitrogen and oxygen atoms in total. The summed E-state index contributed by atoms with van der Waals surface area (Å²) in [5.41, 5.74) is 15.8. The van der Waals surface area contributed by atoms with E-state index in [-0.39, 0.29) is 63.0 Å². The fourth-order valence-corrected chi connectivity index (χ4v) is 8.98. The van der Waals surface area contributed by atoms with Crippen molar-refractivity contribution in [2.75, 3.05) is 86.0 Å². The zero-order valence-corrected chi connectivity index (χ0v) is 37.3. The number of hydrogen-bond donors (Lipinski definition) is 4. The Labute approximate surface area is 367 Å². The van der Waals surface area contributed by atoms with E-state index in [1.54, 1.807) is 13.1 Å². The number of nitrogens with zero attached hydrogens (tertiary/aromatic N) is 5. The standard InChI is InChI=1S/C47H60N8O8/c1-7-31-27(2)35-25-39-32(9-11-41(58)63-23-22-61-19-12-48)28(3)34(50-39)24-36-29(4)33(8-10-40(57)53(6)15-18-56)44(51-36)43-45-42(30(5)37(52-45)26-38(31)49-35)46(59)55(47(43)60)14-13-54-16-20-62-21-17-54/h9,11,24-26,29,33,51-52,56H,7-8,10,12-23,48H2,1-6H3/b11-9+,36-24?,38-26?,39-25?,44-43?/t29-,33-/m0/s1. The Bertz CT molecular complexity index is 2440. The van der Waals surface area contributed by atoms with Crippen molar-refractivity contribution >= 4 is 57.0 Å². The van der Waals surface area contributed by atoms with Crippen molar-refractivity contribution in [2.24, 2.45) is 5.73 Å². The largest absolute Gasteiger partial charge is 0.460 e. The Balaban J connectivity index is 1.44. The number of aliphatic hydroxyl groups excluding tert-OH is 1. The maximum atomic E-state index is 15.1. The van der Waals surface area contributed by atoms with Gasteiger partial charge in [-0.25, -0.2) is 14.8 Å². The average Bonchev–Trinajstić information content (AvgIpc) is 3.95. The summed E-state index contributed by atoms with van der Waals surface area (Å²) in [5, 5.41) is 9.56. The molecule has 0 spiro atoms. The summed E-state index contributed by atoms with van der Waals surface area (Å²) in [6.45, 7) is 14.4. The number of esters is 1. The lowest BCUT2D eigenvalue weighted by Gasteiger charge is -2.31. The van der Waals surface area contributed by atoms with Gasteiger partial charge in [0.1, 0.15) is 6.61 Å². The molecular formula is C47H60N8O8. The molecular weight excluding hydrogens is 805 g/mol. The molecule has 2 aromatic rings. The Morgan fingerprint density at radius 3 is 2.43 bits per heavy atom. The monoisotopic (exact) mass is 864 g/mol. The summed E-state index contributed by atoms with van der Waals surface area (Å²) >= 11 is 0. The third kappa shape index (κ3) is 9.41. The molecule has 5 aliphatic heterocycles. The van der Waals surface area contributed by atoms with Gasteiger partial charge < -0.3 is 39.9 Å². The number of carbonyl (C=O) groups is 4. The lowest BCUT2D eigenvalue weighted by molar-refractivity contribution is -0.139. The average molecular weight is 865 g/mol. The van der Waals surface area contributed by atoms with E-state index in [0.29, 0.717) is 104 Å². The third-order valence-corrected chi connectivity index (χ3v) is 12.8. The number of aliphatic hydroxyl groups is 1. The number of nitrogens with two attached hydrogens (primary N) is 1. The number of hydrogen-bond acceptors (Lipinski definition) is 12. The van der Waals surface area contributed by atoms with Crippen LogP contribution in [0.4, 0.5) is 0 Å². The van der Waals surface area contributed by atoms with Crippen molar-refractivity contribution in [3.05, 3.63) is 81.2 Å². The van der Waals surface area contributed by atoms with Crippen LogP contribution in [0.1, 0.15) is 119 Å². The predicted octanol–water partition coefficient (Wildman–Crippen LogP) is 4.74. The highest BCUT2D eigenvalue weighted by Gasteiger charge is 2.41. The highest BCUT2D eigenvalue weighted by Crippen LogP contribution is 2.45. The zero-order valence-electron chi connectivity index (χ0n) is 37.3. The minimum absolute atomic E-state index is 0.0881. The fraction of sp³-hybridized carbons (Fsp3) is 0.489. The fourth-order valence-electron chi connectivity index (χ4n) is 8.98. The van der Waals surface area contributed by atoms with Crippen LogP contribution in [0.2, 0.25) is 0 Å². The molecule has 2 atom stereocenters. The predicted molar refractivity (Wildman–Crippen MR) is 240 cm³/mol. The minimum atomic E-state index is -0.525. The zero-order chi connectivity index (χ0) is 44.9. The van der Waals surface area contributed by atoms with Crippen molar-refractivity contribution in [2.45, 2.75) is 65.7 Å². The molecule has 1 fully saturated rings. The van der Waals surface area contributed by atoms with Gasteiger partial charge in [-0.2, -0.15) is 0 Å². The molecule has 63 heavy (non-hydrogen) atoms. The molecule has 0 unspecified atom stereocenters. The van der Waals surface area contributed by atoms with E-state index in [2.05, 4.69) is 28.7 Å². The van der Waals surface area contributed by atoms with Crippen LogP contribution in [0.3, 0.4) is 0 Å². The quantitative estimate of drug-likeness (QED) is 0.0781. The molecule has 1 saturated heterocycles. The van der Waals surface area contributed by atoms with E-state index in [0.717, 1.165) is 39.4 Å². The first-order chi connectivity index (χ1) is 30.4. The molecule has 2 aromatic heterocycles. The Hall–Kier alpha value is -5.52. The van der Waals surface area contributed by atoms with Gasteiger partial charge in [-0.15, -0.1) is 0 Å². The van der Waals surface area contributed by atoms with Gasteiger partial charge in [0.15, 0.2) is 0 Å². The molecule has 7 rings (SSSR count). The molecule has 0 radical (unpaired) electrons. The van der Waals surface area contributed by atoms with Crippen molar-refractivity contribution in [3.63, 3.8) is 0 Å². The summed E-state index contributed by atoms with van der Waals surface area (Å²) in [4.78, 5) is 78.4. The smallest absolute Gasteiger partial charge is 0.330 e. The number of carbonyl (C=O) groups excluding carboxylic acids is 4. The van der Waals surface area contributed by atoms with Gasteiger partial charge in [0.25, 0.3) is 11.8 Å². The van der Waals surface area contributed by atoms with Crippen molar-refractivity contribution < 1.29 is 38.5 Å². The number of H-pyrrole nitrogens is 2. The second kappa shape index (κ2) is 19.9. The summed E-state index contributed by atoms with van der Waals surface area (Å²) in [6, 6.07) is 5.86. The van der Waals surface area contributed by atoms with Crippen LogP contribution in [-0.2, 0) is 23.8 Å². The molecule has 336 valence electrons. The highest BCUT2D eigenvalue weighted by atomic mass is 16.6. The Morgan fingerprint density at radius 2 is 1.70 bits per heavy atom. The number of morpholine rings is 1. The number of amides is 3. The van der Waals surface area contributed by atoms with Gasteiger partial charge in [-0.3, -0.25) is 24.2 Å². The summed E-state index contributed by atoms with van der Waals surface area (Å²) in [6.07, 6.45) is 4.34. The van der Waals surface area contributed by atoms with Crippen LogP contribution < -0.4 is 5.73 Å². The molecule has 0 aliphatic carbocycles. The van der Waals surface area contributed by atoms with Crippen molar-refractivity contribution in [1.29, 1.82) is 0 Å². The lowest BCUT2D eigenvalue weighted by Crippen LogP contribution is -2.47. The highest BCUT2D eigenvalue weighted by molar-refractivity contribution is 6.23. The van der Waals surface area contributed by atoms with Crippen LogP contribution in [0.5, 0.6) is 0 Å². The SMILES string of the molecule is CCC1=C(C)c2cc3nc(cc4[nH]c(c5c6[nH]c(cc1n2)c(C)c6C(=O)N(CCN1CCOCC1)C5=O)[C@@H](CCC(=O)N(C)CCO)[C@@H]4C)C(C)=C3/C=C/C(=O)OCCOCCN. The maximum Gasteiger partial charge on any atom is 0.330 e. The van der Waals surface area contributed by atoms with Gasteiger partial charge in [-0.1, -0.05) is 13.8 Å². The molecule has 0 saturated carbocycles. The minimum Gasteiger partial charge on any atom is -0.460 e. The van der Waals surface area contributed by atoms with Crippen LogP contribution in [-0.4, -0.2) is 149 Å². The van der Waals surface area contributed by atoms with E-state index in [1.807, 2.05) is 39.0 Å². The number of aromatic amines is 2. The number of aryl methyl sites for hydroxylation is 1. The number of ether oxygens (including phenoxy) is 3. The third-order valence-electron chi connectivity index (χ3n) is 12.8. The number of aromatic nitrogens is 4. The molecule has 5 N–H and O–H groups in total. The number of rotatable bonds is 16. The number of imide groups is 1. The van der Waals surface area contributed by atoms with Gasteiger partial charge in [0.2, 0.25) is 5.91 Å². The lowest BCUT2D eigenvalue weighted by atomic mass is 9.84. The molecule has 7 heterocycles. The first-order valence-corrected chi connectivity index (χ1v) is 22.0. The van der Waals surface area contributed by atoms with Crippen LogP contribution >= 0.6 is 0 Å². The van der Waals surface area contributed by atoms with Gasteiger partial charge in [0, 0.05) is 93.1 Å². The van der Waals surface area contributed by atoms with Crippen LogP contribution in [0.15, 0.2) is 30.4 Å². The topological polar surface area (TPSA) is 209 Å². The first-order valence-electron chi connectivity index (χ1n) is 22.0.